The average molecular weight is 538 g/mol. The van der Waals surface area contributed by atoms with E-state index in [0.29, 0.717) is 36.4 Å². The molecule has 198 valence electrons. The number of morpholine rings is 1. The number of hydrogen-bond acceptors (Lipinski definition) is 9. The molecule has 0 atom stereocenters. The number of benzene rings is 2. The van der Waals surface area contributed by atoms with Crippen molar-refractivity contribution in [1.82, 2.24) is 9.97 Å². The average Bonchev–Trinajstić information content (AvgIpc) is 2.87. The van der Waals surface area contributed by atoms with Crippen molar-refractivity contribution < 1.29 is 31.1 Å². The first-order chi connectivity index (χ1) is 17.5. The molecular weight excluding hydrogens is 511 g/mol. The molecule has 0 spiro atoms. The monoisotopic (exact) mass is 537 g/mol. The highest BCUT2D eigenvalue weighted by Gasteiger charge is 2.35. The van der Waals surface area contributed by atoms with Gasteiger partial charge >= 0.3 is 6.18 Å². The fraction of sp³-hybridized carbons (Fsp3) is 0.333. The van der Waals surface area contributed by atoms with Crippen LogP contribution < -0.4 is 20.3 Å². The number of hydrogen-bond donors (Lipinski definition) is 2. The lowest BCUT2D eigenvalue weighted by molar-refractivity contribution is -0.137. The van der Waals surface area contributed by atoms with E-state index in [1.807, 2.05) is 12.1 Å². The Kier molecular flexibility index (Phi) is 7.73. The van der Waals surface area contributed by atoms with Gasteiger partial charge in [0.05, 0.1) is 30.9 Å². The Labute approximate surface area is 212 Å². The van der Waals surface area contributed by atoms with Gasteiger partial charge in [0.2, 0.25) is 5.95 Å². The van der Waals surface area contributed by atoms with E-state index in [1.54, 1.807) is 12.1 Å². The van der Waals surface area contributed by atoms with Crippen LogP contribution in [0.15, 0.2) is 53.6 Å². The quantitative estimate of drug-likeness (QED) is 0.439. The number of anilines is 4. The zero-order valence-electron chi connectivity index (χ0n) is 20.2. The maximum Gasteiger partial charge on any atom is 0.421 e. The van der Waals surface area contributed by atoms with Gasteiger partial charge in [0.1, 0.15) is 17.1 Å². The summed E-state index contributed by atoms with van der Waals surface area (Å²) >= 11 is 0. The molecule has 1 fully saturated rings. The molecule has 0 unspecified atom stereocenters. The van der Waals surface area contributed by atoms with Gasteiger partial charge in [0.15, 0.2) is 9.84 Å². The molecule has 2 N–H and O–H groups in total. The van der Waals surface area contributed by atoms with Crippen molar-refractivity contribution in [3.05, 3.63) is 59.8 Å². The number of alkyl halides is 3. The van der Waals surface area contributed by atoms with Gasteiger partial charge in [-0.3, -0.25) is 0 Å². The lowest BCUT2D eigenvalue weighted by Gasteiger charge is -2.29. The van der Waals surface area contributed by atoms with Gasteiger partial charge in [0, 0.05) is 43.8 Å². The summed E-state index contributed by atoms with van der Waals surface area (Å²) in [6.07, 6.45) is -2.95. The fourth-order valence-electron chi connectivity index (χ4n) is 3.78. The van der Waals surface area contributed by atoms with E-state index in [-0.39, 0.29) is 17.4 Å². The SMILES string of the molecule is COc1cc(N2CCOCC2)ccc1Nc1ncc(C(F)(F)F)c(NCc2cccc(S(C)(=O)=O)c2)n1. The van der Waals surface area contributed by atoms with Crippen LogP contribution in [0.1, 0.15) is 11.1 Å². The molecule has 0 radical (unpaired) electrons. The Balaban J connectivity index is 1.58. The van der Waals surface area contributed by atoms with Crippen molar-refractivity contribution in [2.24, 2.45) is 0 Å². The molecule has 0 amide bonds. The predicted octanol–water partition coefficient (Wildman–Crippen LogP) is 4.10. The summed E-state index contributed by atoms with van der Waals surface area (Å²) in [5, 5.41) is 5.59. The zero-order chi connectivity index (χ0) is 26.6. The second-order valence-corrected chi connectivity index (χ2v) is 10.4. The Morgan fingerprint density at radius 3 is 2.57 bits per heavy atom. The van der Waals surface area contributed by atoms with Gasteiger partial charge in [0.25, 0.3) is 0 Å². The highest BCUT2D eigenvalue weighted by molar-refractivity contribution is 7.90. The van der Waals surface area contributed by atoms with E-state index in [0.717, 1.165) is 25.0 Å². The molecule has 1 aliphatic heterocycles. The highest BCUT2D eigenvalue weighted by atomic mass is 32.2. The van der Waals surface area contributed by atoms with Gasteiger partial charge < -0.3 is 25.0 Å². The zero-order valence-corrected chi connectivity index (χ0v) is 21.0. The first kappa shape index (κ1) is 26.5. The lowest BCUT2D eigenvalue weighted by atomic mass is 10.2. The molecule has 3 aromatic rings. The van der Waals surface area contributed by atoms with Crippen LogP contribution in [0.5, 0.6) is 5.75 Å². The van der Waals surface area contributed by atoms with Crippen molar-refractivity contribution in [3.8, 4) is 5.75 Å². The molecule has 1 aliphatic rings. The molecule has 0 saturated carbocycles. The Morgan fingerprint density at radius 2 is 1.89 bits per heavy atom. The van der Waals surface area contributed by atoms with Crippen LogP contribution in [-0.2, 0) is 27.3 Å². The predicted molar refractivity (Wildman–Crippen MR) is 133 cm³/mol. The van der Waals surface area contributed by atoms with E-state index in [1.165, 1.54) is 25.3 Å². The largest absolute Gasteiger partial charge is 0.494 e. The van der Waals surface area contributed by atoms with Gasteiger partial charge in [-0.2, -0.15) is 18.2 Å². The first-order valence-electron chi connectivity index (χ1n) is 11.3. The number of sulfone groups is 1. The Bertz CT molecular complexity index is 1360. The van der Waals surface area contributed by atoms with E-state index in [4.69, 9.17) is 9.47 Å². The van der Waals surface area contributed by atoms with Crippen LogP contribution >= 0.6 is 0 Å². The third-order valence-electron chi connectivity index (χ3n) is 5.69. The topological polar surface area (TPSA) is 106 Å². The molecule has 1 saturated heterocycles. The number of halogens is 3. The van der Waals surface area contributed by atoms with Gasteiger partial charge in [-0.05, 0) is 29.8 Å². The molecule has 13 heteroatoms. The number of nitrogens with zero attached hydrogens (tertiary/aromatic N) is 3. The molecule has 2 aromatic carbocycles. The molecule has 1 aromatic heterocycles. The summed E-state index contributed by atoms with van der Waals surface area (Å²) in [7, 11) is -1.97. The van der Waals surface area contributed by atoms with E-state index in [9.17, 15) is 21.6 Å². The van der Waals surface area contributed by atoms with E-state index < -0.39 is 27.4 Å². The molecule has 0 aliphatic carbocycles. The van der Waals surface area contributed by atoms with Crippen LogP contribution in [0, 0.1) is 0 Å². The van der Waals surface area contributed by atoms with Crippen LogP contribution in [0.3, 0.4) is 0 Å². The van der Waals surface area contributed by atoms with E-state index >= 15 is 0 Å². The maximum atomic E-state index is 13.6. The third kappa shape index (κ3) is 6.60. The third-order valence-corrected chi connectivity index (χ3v) is 6.80. The summed E-state index contributed by atoms with van der Waals surface area (Å²) in [6.45, 7) is 2.63. The van der Waals surface area contributed by atoms with Gasteiger partial charge in [-0.1, -0.05) is 12.1 Å². The number of rotatable bonds is 8. The highest BCUT2D eigenvalue weighted by Crippen LogP contribution is 2.36. The standard InChI is InChI=1S/C24H26F3N5O4S/c1-35-21-13-17(32-8-10-36-11-9-32)6-7-20(21)30-23-29-15-19(24(25,26)27)22(31-23)28-14-16-4-3-5-18(12-16)37(2,33)34/h3-7,12-13,15H,8-11,14H2,1-2H3,(H2,28,29,30,31). The summed E-state index contributed by atoms with van der Waals surface area (Å²) < 4.78 is 75.4. The van der Waals surface area contributed by atoms with Crippen molar-refractivity contribution in [2.45, 2.75) is 17.6 Å². The summed E-state index contributed by atoms with van der Waals surface area (Å²) in [4.78, 5) is 10.1. The van der Waals surface area contributed by atoms with Crippen LogP contribution in [0.2, 0.25) is 0 Å². The van der Waals surface area contributed by atoms with Gasteiger partial charge in [-0.25, -0.2) is 13.4 Å². The Morgan fingerprint density at radius 1 is 1.14 bits per heavy atom. The Hall–Kier alpha value is -3.58. The van der Waals surface area contributed by atoms with Crippen molar-refractivity contribution in [3.63, 3.8) is 0 Å². The first-order valence-corrected chi connectivity index (χ1v) is 13.2. The number of aromatic nitrogens is 2. The van der Waals surface area contributed by atoms with Gasteiger partial charge in [-0.15, -0.1) is 0 Å². The van der Waals surface area contributed by atoms with E-state index in [2.05, 4.69) is 25.5 Å². The second kappa shape index (κ2) is 10.8. The summed E-state index contributed by atoms with van der Waals surface area (Å²) in [5.41, 5.74) is 0.834. The van der Waals surface area contributed by atoms with Crippen LogP contribution in [0.25, 0.3) is 0 Å². The van der Waals surface area contributed by atoms with Crippen molar-refractivity contribution >= 4 is 33.0 Å². The summed E-state index contributed by atoms with van der Waals surface area (Å²) in [6, 6.07) is 11.4. The fourth-order valence-corrected chi connectivity index (χ4v) is 4.47. The minimum atomic E-state index is -4.70. The molecule has 37 heavy (non-hydrogen) atoms. The number of ether oxygens (including phenoxy) is 2. The van der Waals surface area contributed by atoms with Crippen LogP contribution in [0.4, 0.5) is 36.3 Å². The second-order valence-electron chi connectivity index (χ2n) is 8.34. The summed E-state index contributed by atoms with van der Waals surface area (Å²) in [5.74, 6) is -0.0453. The minimum Gasteiger partial charge on any atom is -0.494 e. The normalized spacial score (nSPS) is 14.4. The van der Waals surface area contributed by atoms with Crippen LogP contribution in [-0.4, -0.2) is 58.1 Å². The lowest BCUT2D eigenvalue weighted by Crippen LogP contribution is -2.36. The smallest absolute Gasteiger partial charge is 0.421 e. The molecular formula is C24H26F3N5O4S. The molecule has 9 nitrogen and oxygen atoms in total. The number of nitrogens with one attached hydrogen (secondary N) is 2. The molecule has 2 heterocycles. The van der Waals surface area contributed by atoms with Crippen molar-refractivity contribution in [2.75, 3.05) is 55.2 Å². The number of methoxy groups -OCH3 is 1. The molecule has 0 bridgehead atoms. The minimum absolute atomic E-state index is 0.0699. The maximum absolute atomic E-state index is 13.6. The van der Waals surface area contributed by atoms with Crippen molar-refractivity contribution in [1.29, 1.82) is 0 Å². The molecule has 4 rings (SSSR count).